The zero-order valence-corrected chi connectivity index (χ0v) is 16.1. The van der Waals surface area contributed by atoms with E-state index in [1.165, 1.54) is 0 Å². The van der Waals surface area contributed by atoms with Crippen molar-refractivity contribution in [1.82, 2.24) is 0 Å². The molecule has 0 aromatic carbocycles. The van der Waals surface area contributed by atoms with Crippen LogP contribution in [-0.4, -0.2) is 59.2 Å². The fourth-order valence-electron chi connectivity index (χ4n) is 1.17. The number of allylic oxidation sites excluding steroid dienone is 1. The van der Waals surface area contributed by atoms with Gasteiger partial charge in [0.15, 0.2) is 0 Å². The van der Waals surface area contributed by atoms with Gasteiger partial charge in [0, 0.05) is 23.8 Å². The normalized spacial score (nSPS) is 15.3. The van der Waals surface area contributed by atoms with Crippen LogP contribution < -0.4 is 0 Å². The molecule has 0 saturated carbocycles. The van der Waals surface area contributed by atoms with Crippen LogP contribution in [0.2, 0.25) is 0 Å². The lowest BCUT2D eigenvalue weighted by molar-refractivity contribution is -0.138. The van der Waals surface area contributed by atoms with Crippen LogP contribution in [0.15, 0.2) is 36.0 Å². The van der Waals surface area contributed by atoms with Crippen molar-refractivity contribution in [2.45, 2.75) is 46.1 Å². The van der Waals surface area contributed by atoms with Gasteiger partial charge in [0.05, 0.1) is 19.3 Å². The molecule has 0 aromatic heterocycles. The molecular weight excluding hydrogens is 356 g/mol. The number of rotatable bonds is 9. The maximum absolute atomic E-state index is 10.4. The van der Waals surface area contributed by atoms with Gasteiger partial charge in [-0.2, -0.15) is 0 Å². The van der Waals surface area contributed by atoms with Crippen LogP contribution in [-0.2, 0) is 23.9 Å². The molecule has 0 bridgehead atoms. The quantitative estimate of drug-likeness (QED) is 0.238. The summed E-state index contributed by atoms with van der Waals surface area (Å²) >= 11 is 0. The first kappa shape index (κ1) is 26.8. The molecule has 8 heteroatoms. The zero-order chi connectivity index (χ0) is 21.2. The van der Waals surface area contributed by atoms with Gasteiger partial charge in [-0.05, 0) is 40.0 Å². The molecule has 1 fully saturated rings. The molecule has 1 rings (SSSR count). The number of hydrogen-bond acceptors (Lipinski definition) is 6. The molecule has 1 aliphatic rings. The smallest absolute Gasteiger partial charge is 0.330 e. The number of epoxide rings is 1. The van der Waals surface area contributed by atoms with Gasteiger partial charge < -0.3 is 24.8 Å². The Hall–Kier alpha value is -2.45. The number of hydrogen-bond donors (Lipinski definition) is 3. The van der Waals surface area contributed by atoms with E-state index in [-0.39, 0.29) is 12.7 Å². The molecule has 27 heavy (non-hydrogen) atoms. The molecule has 1 heterocycles. The van der Waals surface area contributed by atoms with Crippen molar-refractivity contribution in [3.8, 4) is 0 Å². The summed E-state index contributed by atoms with van der Waals surface area (Å²) in [5.41, 5.74) is 0.788. The molecule has 0 aromatic rings. The van der Waals surface area contributed by atoms with E-state index in [0.29, 0.717) is 30.6 Å². The second-order valence-electron chi connectivity index (χ2n) is 5.46. The van der Waals surface area contributed by atoms with Crippen LogP contribution in [0.3, 0.4) is 0 Å². The molecule has 0 amide bonds. The second-order valence-corrected chi connectivity index (χ2v) is 5.46. The average Bonchev–Trinajstić information content (AvgIpc) is 3.47. The van der Waals surface area contributed by atoms with E-state index in [1.54, 1.807) is 32.9 Å². The molecule has 8 nitrogen and oxygen atoms in total. The Kier molecular flexibility index (Phi) is 16.8. The van der Waals surface area contributed by atoms with Crippen molar-refractivity contribution in [1.29, 1.82) is 0 Å². The minimum atomic E-state index is -0.847. The second kappa shape index (κ2) is 17.0. The molecule has 1 saturated heterocycles. The summed E-state index contributed by atoms with van der Waals surface area (Å²) in [6.07, 6.45) is 6.77. The Balaban J connectivity index is 0. The highest BCUT2D eigenvalue weighted by Crippen LogP contribution is 2.14. The summed E-state index contributed by atoms with van der Waals surface area (Å²) in [4.78, 5) is 30.5. The first-order valence-electron chi connectivity index (χ1n) is 8.47. The molecule has 3 N–H and O–H groups in total. The van der Waals surface area contributed by atoms with E-state index < -0.39 is 17.9 Å². The summed E-state index contributed by atoms with van der Waals surface area (Å²) in [7, 11) is 0. The van der Waals surface area contributed by atoms with Crippen molar-refractivity contribution in [2.75, 3.05) is 19.8 Å². The van der Waals surface area contributed by atoms with Gasteiger partial charge in [0.2, 0.25) is 0 Å². The van der Waals surface area contributed by atoms with Crippen LogP contribution in [0.25, 0.3) is 0 Å². The van der Waals surface area contributed by atoms with E-state index >= 15 is 0 Å². The third kappa shape index (κ3) is 19.7. The van der Waals surface area contributed by atoms with Gasteiger partial charge in [-0.25, -0.2) is 14.4 Å². The highest BCUT2D eigenvalue weighted by molar-refractivity contribution is 5.86. The van der Waals surface area contributed by atoms with Crippen molar-refractivity contribution in [3.63, 3.8) is 0 Å². The number of unbranched alkanes of at least 4 members (excludes halogenated alkanes) is 1. The maximum Gasteiger partial charge on any atom is 0.330 e. The Morgan fingerprint density at radius 2 is 1.70 bits per heavy atom. The van der Waals surface area contributed by atoms with E-state index in [1.807, 2.05) is 0 Å². The van der Waals surface area contributed by atoms with Gasteiger partial charge in [-0.15, -0.1) is 0 Å². The predicted molar refractivity (Wildman–Crippen MR) is 100 cm³/mol. The molecule has 0 aliphatic carbocycles. The number of carboxylic acid groups (broad SMARTS) is 2. The van der Waals surface area contributed by atoms with Crippen LogP contribution >= 0.6 is 0 Å². The SMILES string of the molecule is C/C(=C\CC1CO1)C(=O)O.C/C=C(\C)C(=O)O.C=CC(=O)OCCCCO. The summed E-state index contributed by atoms with van der Waals surface area (Å²) in [6.45, 7) is 9.37. The van der Waals surface area contributed by atoms with Crippen LogP contribution in [0.1, 0.15) is 40.0 Å². The van der Waals surface area contributed by atoms with Gasteiger partial charge in [-0.1, -0.05) is 18.7 Å². The number of aliphatic hydroxyl groups is 1. The Morgan fingerprint density at radius 3 is 2.04 bits per heavy atom. The molecule has 1 aliphatic heterocycles. The number of carbonyl (C=O) groups is 3. The molecule has 0 spiro atoms. The summed E-state index contributed by atoms with van der Waals surface area (Å²) < 4.78 is 9.53. The average molecular weight is 386 g/mol. The van der Waals surface area contributed by atoms with Crippen molar-refractivity contribution in [3.05, 3.63) is 36.0 Å². The molecule has 1 unspecified atom stereocenters. The Bertz CT molecular complexity index is 530. The summed E-state index contributed by atoms with van der Waals surface area (Å²) in [6, 6.07) is 0. The number of carbonyl (C=O) groups excluding carboxylic acids is 1. The summed E-state index contributed by atoms with van der Waals surface area (Å²) in [5.74, 6) is -2.10. The number of aliphatic hydroxyl groups excluding tert-OH is 1. The minimum Gasteiger partial charge on any atom is -0.478 e. The van der Waals surface area contributed by atoms with E-state index in [0.717, 1.165) is 19.1 Å². The number of ether oxygens (including phenoxy) is 2. The highest BCUT2D eigenvalue weighted by Gasteiger charge is 2.20. The molecule has 154 valence electrons. The van der Waals surface area contributed by atoms with Crippen LogP contribution in [0.4, 0.5) is 0 Å². The number of esters is 1. The highest BCUT2D eigenvalue weighted by atomic mass is 16.6. The largest absolute Gasteiger partial charge is 0.478 e. The summed E-state index contributed by atoms with van der Waals surface area (Å²) in [5, 5.41) is 24.8. The van der Waals surface area contributed by atoms with Crippen LogP contribution in [0, 0.1) is 0 Å². The van der Waals surface area contributed by atoms with Crippen LogP contribution in [0.5, 0.6) is 0 Å². The standard InChI is InChI=1S/C7H10O3.C7H12O3.C5H8O2/c1-5(7(8)9)2-3-6-4-10-6;1-2-7(9)10-6-4-3-5-8;1-3-4(2)5(6)7/h2,6H,3-4H2,1H3,(H,8,9);2,8H,1,3-6H2;3H,1-2H3,(H,6,7)/b5-2+;;4-3+. The third-order valence-corrected chi connectivity index (χ3v) is 3.16. The lowest BCUT2D eigenvalue weighted by atomic mass is 10.2. The molecular formula is C19H30O8. The Morgan fingerprint density at radius 1 is 1.15 bits per heavy atom. The van der Waals surface area contributed by atoms with E-state index in [2.05, 4.69) is 11.3 Å². The fourth-order valence-corrected chi connectivity index (χ4v) is 1.17. The van der Waals surface area contributed by atoms with E-state index in [9.17, 15) is 14.4 Å². The van der Waals surface area contributed by atoms with Crippen molar-refractivity contribution < 1.29 is 39.2 Å². The molecule has 1 atom stereocenters. The van der Waals surface area contributed by atoms with E-state index in [4.69, 9.17) is 20.1 Å². The van der Waals surface area contributed by atoms with Gasteiger partial charge in [0.1, 0.15) is 0 Å². The molecule has 0 radical (unpaired) electrons. The van der Waals surface area contributed by atoms with Gasteiger partial charge >= 0.3 is 17.9 Å². The number of carboxylic acids is 2. The topological polar surface area (TPSA) is 134 Å². The first-order chi connectivity index (χ1) is 12.7. The third-order valence-electron chi connectivity index (χ3n) is 3.16. The fraction of sp³-hybridized carbons (Fsp3) is 0.526. The Labute approximate surface area is 159 Å². The predicted octanol–water partition coefficient (Wildman–Crippen LogP) is 2.33. The zero-order valence-electron chi connectivity index (χ0n) is 16.1. The first-order valence-corrected chi connectivity index (χ1v) is 8.47. The minimum absolute atomic E-state index is 0.144. The number of aliphatic carboxylic acids is 2. The van der Waals surface area contributed by atoms with Crippen molar-refractivity contribution >= 4 is 17.9 Å². The lowest BCUT2D eigenvalue weighted by Gasteiger charge is -1.98. The van der Waals surface area contributed by atoms with Crippen molar-refractivity contribution in [2.24, 2.45) is 0 Å². The lowest BCUT2D eigenvalue weighted by Crippen LogP contribution is -2.02. The maximum atomic E-state index is 10.4. The van der Waals surface area contributed by atoms with Gasteiger partial charge in [-0.3, -0.25) is 0 Å². The monoisotopic (exact) mass is 386 g/mol. The van der Waals surface area contributed by atoms with Gasteiger partial charge in [0.25, 0.3) is 0 Å².